The summed E-state index contributed by atoms with van der Waals surface area (Å²) in [7, 11) is 0. The second kappa shape index (κ2) is 9.35. The predicted molar refractivity (Wildman–Crippen MR) is 122 cm³/mol. The number of hydrogen-bond donors (Lipinski definition) is 2. The van der Waals surface area contributed by atoms with E-state index in [1.54, 1.807) is 12.1 Å². The number of carbonyl (C=O) groups is 3. The van der Waals surface area contributed by atoms with Crippen LogP contribution in [0.4, 0.5) is 5.69 Å². The Labute approximate surface area is 195 Å². The molecule has 3 heterocycles. The first-order valence-electron chi connectivity index (χ1n) is 9.44. The molecule has 166 valence electrons. The van der Waals surface area contributed by atoms with Crippen molar-refractivity contribution in [3.63, 3.8) is 0 Å². The molecule has 9 nitrogen and oxygen atoms in total. The predicted octanol–water partition coefficient (Wildman–Crippen LogP) is 2.73. The molecule has 2 aliphatic heterocycles. The van der Waals surface area contributed by atoms with Crippen LogP contribution in [0, 0.1) is 10.1 Å². The minimum Gasteiger partial charge on any atom is -0.477 e. The first kappa shape index (κ1) is 22.4. The Balaban J connectivity index is 1.42. The third kappa shape index (κ3) is 4.52. The van der Waals surface area contributed by atoms with Gasteiger partial charge in [-0.1, -0.05) is 6.07 Å². The number of β-lactam (4-membered cyclic amide) rings is 1. The lowest BCUT2D eigenvalue weighted by molar-refractivity contribution is -0.384. The highest BCUT2D eigenvalue weighted by Gasteiger charge is 2.54. The Bertz CT molecular complexity index is 1100. The molecule has 2 aliphatic rings. The van der Waals surface area contributed by atoms with E-state index in [9.17, 15) is 29.6 Å². The lowest BCUT2D eigenvalue weighted by Crippen LogP contribution is -2.70. The van der Waals surface area contributed by atoms with Crippen LogP contribution in [-0.4, -0.2) is 55.6 Å². The second-order valence-corrected chi connectivity index (χ2v) is 10.2. The molecular formula is C20H17N3O6S3. The van der Waals surface area contributed by atoms with E-state index in [-0.39, 0.29) is 23.7 Å². The van der Waals surface area contributed by atoms with E-state index in [4.69, 9.17) is 0 Å². The molecule has 12 heteroatoms. The van der Waals surface area contributed by atoms with Gasteiger partial charge < -0.3 is 10.4 Å². The van der Waals surface area contributed by atoms with Gasteiger partial charge in [-0.25, -0.2) is 4.79 Å². The number of nitrogens with one attached hydrogen (secondary N) is 1. The van der Waals surface area contributed by atoms with Crippen LogP contribution in [0.15, 0.2) is 57.9 Å². The zero-order valence-corrected chi connectivity index (χ0v) is 18.9. The van der Waals surface area contributed by atoms with Crippen LogP contribution in [0.3, 0.4) is 0 Å². The van der Waals surface area contributed by atoms with Crippen molar-refractivity contribution in [1.29, 1.82) is 0 Å². The highest BCUT2D eigenvalue weighted by atomic mass is 32.2. The van der Waals surface area contributed by atoms with Crippen molar-refractivity contribution >= 4 is 58.3 Å². The number of amides is 2. The number of carbonyl (C=O) groups excluding carboxylic acids is 2. The van der Waals surface area contributed by atoms with Crippen molar-refractivity contribution in [2.45, 2.75) is 22.7 Å². The number of hydrogen-bond acceptors (Lipinski definition) is 8. The minimum atomic E-state index is -1.19. The van der Waals surface area contributed by atoms with Gasteiger partial charge >= 0.3 is 5.97 Å². The smallest absolute Gasteiger partial charge is 0.352 e. The third-order valence-corrected chi connectivity index (χ3v) is 8.26. The van der Waals surface area contributed by atoms with E-state index < -0.39 is 28.2 Å². The zero-order valence-electron chi connectivity index (χ0n) is 16.4. The Kier molecular flexibility index (Phi) is 6.53. The van der Waals surface area contributed by atoms with Gasteiger partial charge in [0.15, 0.2) is 0 Å². The van der Waals surface area contributed by atoms with Crippen molar-refractivity contribution in [3.05, 3.63) is 68.0 Å². The summed E-state index contributed by atoms with van der Waals surface area (Å²) >= 11 is 4.22. The van der Waals surface area contributed by atoms with Gasteiger partial charge in [0.1, 0.15) is 17.1 Å². The molecule has 0 spiro atoms. The molecule has 0 saturated carbocycles. The van der Waals surface area contributed by atoms with E-state index in [0.29, 0.717) is 17.1 Å². The number of fused-ring (bicyclic) bond motifs is 1. The first-order chi connectivity index (χ1) is 15.3. The molecule has 0 radical (unpaired) electrons. The molecule has 1 aromatic heterocycles. The number of nitro groups is 1. The van der Waals surface area contributed by atoms with Gasteiger partial charge in [-0.3, -0.25) is 24.6 Å². The summed E-state index contributed by atoms with van der Waals surface area (Å²) in [6.07, 6.45) is 0.178. The maximum Gasteiger partial charge on any atom is 0.352 e. The Morgan fingerprint density at radius 1 is 1.28 bits per heavy atom. The standard InChI is InChI=1S/C20H17N3O6S3/c24-15(8-14-2-1-7-30-14)21-16-18(25)22-17(20(26)27)11(10-32-19(16)22)9-31-13-5-3-12(4-6-13)23(28)29/h1-7,16,19H,8-10H2,(H,21,24)(H,26,27)/t16-,19+/m1/s1. The molecular weight excluding hydrogens is 474 g/mol. The Hall–Kier alpha value is -2.83. The molecule has 1 fully saturated rings. The van der Waals surface area contributed by atoms with E-state index >= 15 is 0 Å². The lowest BCUT2D eigenvalue weighted by Gasteiger charge is -2.49. The highest BCUT2D eigenvalue weighted by molar-refractivity contribution is 8.01. The molecule has 1 saturated heterocycles. The fourth-order valence-corrected chi connectivity index (χ4v) is 6.51. The number of carboxylic acid groups (broad SMARTS) is 1. The van der Waals surface area contributed by atoms with Crippen molar-refractivity contribution in [1.82, 2.24) is 10.2 Å². The van der Waals surface area contributed by atoms with Crippen LogP contribution >= 0.6 is 34.9 Å². The highest BCUT2D eigenvalue weighted by Crippen LogP contribution is 2.41. The molecule has 0 aliphatic carbocycles. The van der Waals surface area contributed by atoms with Crippen LogP contribution in [0.1, 0.15) is 4.88 Å². The molecule has 2 N–H and O–H groups in total. The average Bonchev–Trinajstić information content (AvgIpc) is 3.28. The molecule has 4 rings (SSSR count). The Morgan fingerprint density at radius 2 is 2.03 bits per heavy atom. The quantitative estimate of drug-likeness (QED) is 0.250. The van der Waals surface area contributed by atoms with E-state index in [1.165, 1.54) is 51.9 Å². The van der Waals surface area contributed by atoms with Crippen molar-refractivity contribution in [2.75, 3.05) is 11.5 Å². The second-order valence-electron chi connectivity index (χ2n) is 7.01. The molecule has 2 amide bonds. The zero-order chi connectivity index (χ0) is 22.8. The number of nitrogens with zero attached hydrogens (tertiary/aromatic N) is 2. The van der Waals surface area contributed by atoms with E-state index in [1.807, 2.05) is 17.5 Å². The number of benzene rings is 1. The first-order valence-corrected chi connectivity index (χ1v) is 12.4. The minimum absolute atomic E-state index is 0.0193. The maximum absolute atomic E-state index is 12.7. The third-order valence-electron chi connectivity index (χ3n) is 4.94. The van der Waals surface area contributed by atoms with Gasteiger partial charge in [0, 0.05) is 33.4 Å². The van der Waals surface area contributed by atoms with Gasteiger partial charge in [-0.15, -0.1) is 34.9 Å². The van der Waals surface area contributed by atoms with Gasteiger partial charge in [-0.05, 0) is 29.2 Å². The summed E-state index contributed by atoms with van der Waals surface area (Å²) in [6, 6.07) is 8.94. The maximum atomic E-state index is 12.7. The van der Waals surface area contributed by atoms with Crippen LogP contribution in [-0.2, 0) is 20.8 Å². The number of nitro benzene ring substituents is 1. The molecule has 1 aromatic carbocycles. The number of aliphatic carboxylic acids is 1. The summed E-state index contributed by atoms with van der Waals surface area (Å²) < 4.78 is 0. The van der Waals surface area contributed by atoms with Crippen LogP contribution in [0.25, 0.3) is 0 Å². The normalized spacial score (nSPS) is 19.9. The van der Waals surface area contributed by atoms with Crippen molar-refractivity contribution in [2.24, 2.45) is 0 Å². The largest absolute Gasteiger partial charge is 0.477 e. The van der Waals surface area contributed by atoms with Crippen molar-refractivity contribution in [3.8, 4) is 0 Å². The topological polar surface area (TPSA) is 130 Å². The molecule has 2 aromatic rings. The van der Waals surface area contributed by atoms with E-state index in [0.717, 1.165) is 9.77 Å². The van der Waals surface area contributed by atoms with Crippen LogP contribution in [0.5, 0.6) is 0 Å². The SMILES string of the molecule is O=C(Cc1cccs1)N[C@@H]1C(=O)N2C(C(=O)O)=C(CSc3ccc([N+](=O)[O-])cc3)CS[C@@H]12. The number of carboxylic acids is 1. The number of thiophene rings is 1. The van der Waals surface area contributed by atoms with Crippen LogP contribution in [0.2, 0.25) is 0 Å². The number of thioether (sulfide) groups is 2. The Morgan fingerprint density at radius 3 is 2.66 bits per heavy atom. The van der Waals surface area contributed by atoms with Gasteiger partial charge in [0.2, 0.25) is 5.91 Å². The summed E-state index contributed by atoms with van der Waals surface area (Å²) in [5.74, 6) is -1.15. The monoisotopic (exact) mass is 491 g/mol. The van der Waals surface area contributed by atoms with Gasteiger partial charge in [0.25, 0.3) is 11.6 Å². The molecule has 0 bridgehead atoms. The molecule has 32 heavy (non-hydrogen) atoms. The number of non-ortho nitro benzene ring substituents is 1. The summed E-state index contributed by atoms with van der Waals surface area (Å²) in [5, 5.41) is 24.7. The number of rotatable bonds is 8. The van der Waals surface area contributed by atoms with Gasteiger partial charge in [0.05, 0.1) is 11.3 Å². The molecule has 0 unspecified atom stereocenters. The molecule has 2 atom stereocenters. The van der Waals surface area contributed by atoms with Crippen LogP contribution < -0.4 is 5.32 Å². The fourth-order valence-electron chi connectivity index (χ4n) is 3.42. The van der Waals surface area contributed by atoms with Crippen molar-refractivity contribution < 1.29 is 24.4 Å². The summed E-state index contributed by atoms with van der Waals surface area (Å²) in [5.41, 5.74) is 0.532. The van der Waals surface area contributed by atoms with Gasteiger partial charge in [-0.2, -0.15) is 0 Å². The fraction of sp³-hybridized carbons (Fsp3) is 0.250. The van der Waals surface area contributed by atoms with E-state index in [2.05, 4.69) is 5.32 Å². The summed E-state index contributed by atoms with van der Waals surface area (Å²) in [4.78, 5) is 50.1. The lowest BCUT2D eigenvalue weighted by atomic mass is 10.0. The summed E-state index contributed by atoms with van der Waals surface area (Å²) in [6.45, 7) is 0. The average molecular weight is 492 g/mol.